The molecule has 0 unspecified atom stereocenters. The van der Waals surface area contributed by atoms with Crippen LogP contribution in [0.5, 0.6) is 5.75 Å². The van der Waals surface area contributed by atoms with Gasteiger partial charge in [0.25, 0.3) is 5.91 Å². The predicted octanol–water partition coefficient (Wildman–Crippen LogP) is 3.27. The van der Waals surface area contributed by atoms with Crippen LogP contribution < -0.4 is 5.32 Å². The number of nitrogens with one attached hydrogen (secondary N) is 1. The average molecular weight is 299 g/mol. The molecule has 5 heteroatoms. The maximum atomic E-state index is 12.4. The number of aromatic hydroxyl groups is 1. The first-order valence-electron chi connectivity index (χ1n) is 6.75. The summed E-state index contributed by atoms with van der Waals surface area (Å²) in [5.74, 6) is -1.90. The second-order valence-electron chi connectivity index (χ2n) is 5.26. The number of carbonyl (C=O) groups excluding carboxylic acids is 1. The molecule has 2 aromatic carbocycles. The van der Waals surface area contributed by atoms with E-state index >= 15 is 0 Å². The molecule has 0 saturated heterocycles. The lowest BCUT2D eigenvalue weighted by Crippen LogP contribution is -2.15. The number of rotatable bonds is 3. The summed E-state index contributed by atoms with van der Waals surface area (Å²) >= 11 is 0. The lowest BCUT2D eigenvalue weighted by atomic mass is 9.99. The molecular weight excluding hydrogens is 282 g/mol. The summed E-state index contributed by atoms with van der Waals surface area (Å²) in [6.07, 6.45) is 0. The molecular formula is C17H17NO4. The fourth-order valence-corrected chi connectivity index (χ4v) is 2.52. The third kappa shape index (κ3) is 3.09. The van der Waals surface area contributed by atoms with E-state index in [1.54, 1.807) is 0 Å². The molecule has 0 aromatic heterocycles. The number of phenols is 1. The smallest absolute Gasteiger partial charge is 0.339 e. The van der Waals surface area contributed by atoms with E-state index in [1.165, 1.54) is 18.2 Å². The van der Waals surface area contributed by atoms with E-state index in [-0.39, 0.29) is 17.2 Å². The van der Waals surface area contributed by atoms with Crippen molar-refractivity contribution in [3.8, 4) is 5.75 Å². The number of carboxylic acids is 1. The van der Waals surface area contributed by atoms with Gasteiger partial charge in [-0.2, -0.15) is 0 Å². The van der Waals surface area contributed by atoms with Crippen molar-refractivity contribution in [2.75, 3.05) is 5.32 Å². The largest absolute Gasteiger partial charge is 0.507 e. The second-order valence-corrected chi connectivity index (χ2v) is 5.26. The molecule has 0 atom stereocenters. The first kappa shape index (κ1) is 15.6. The summed E-state index contributed by atoms with van der Waals surface area (Å²) in [5.41, 5.74) is 3.41. The number of carbonyl (C=O) groups is 2. The highest BCUT2D eigenvalue weighted by molar-refractivity contribution is 6.07. The Morgan fingerprint density at radius 1 is 1.00 bits per heavy atom. The minimum absolute atomic E-state index is 0.254. The van der Waals surface area contributed by atoms with Crippen molar-refractivity contribution in [3.05, 3.63) is 58.1 Å². The molecule has 0 fully saturated rings. The van der Waals surface area contributed by atoms with Gasteiger partial charge in [-0.1, -0.05) is 17.7 Å². The zero-order valence-electron chi connectivity index (χ0n) is 12.6. The van der Waals surface area contributed by atoms with Crippen molar-refractivity contribution >= 4 is 17.6 Å². The molecule has 2 aromatic rings. The van der Waals surface area contributed by atoms with Crippen LogP contribution >= 0.6 is 0 Å². The molecule has 0 radical (unpaired) electrons. The van der Waals surface area contributed by atoms with Gasteiger partial charge < -0.3 is 15.5 Å². The van der Waals surface area contributed by atoms with Gasteiger partial charge in [-0.25, -0.2) is 4.79 Å². The van der Waals surface area contributed by atoms with Crippen LogP contribution in [-0.2, 0) is 0 Å². The number of carboxylic acid groups (broad SMARTS) is 1. The van der Waals surface area contributed by atoms with Gasteiger partial charge in [0.05, 0.1) is 0 Å². The van der Waals surface area contributed by atoms with Crippen molar-refractivity contribution in [2.24, 2.45) is 0 Å². The topological polar surface area (TPSA) is 86.6 Å². The number of anilines is 1. The van der Waals surface area contributed by atoms with Crippen LogP contribution in [0.1, 0.15) is 37.4 Å². The van der Waals surface area contributed by atoms with Gasteiger partial charge in [0.2, 0.25) is 0 Å². The molecule has 114 valence electrons. The Hall–Kier alpha value is -2.82. The van der Waals surface area contributed by atoms with E-state index in [2.05, 4.69) is 5.32 Å². The van der Waals surface area contributed by atoms with Gasteiger partial charge in [-0.15, -0.1) is 0 Å². The summed E-state index contributed by atoms with van der Waals surface area (Å²) in [4.78, 5) is 23.4. The molecule has 0 spiro atoms. The molecule has 0 aliphatic heterocycles. The van der Waals surface area contributed by atoms with Gasteiger partial charge in [-0.05, 0) is 50.1 Å². The number of amides is 1. The maximum absolute atomic E-state index is 12.4. The highest BCUT2D eigenvalue weighted by atomic mass is 16.4. The highest BCUT2D eigenvalue weighted by Crippen LogP contribution is 2.23. The number of benzene rings is 2. The third-order valence-corrected chi connectivity index (χ3v) is 3.39. The maximum Gasteiger partial charge on any atom is 0.339 e. The minimum atomic E-state index is -1.25. The average Bonchev–Trinajstić information content (AvgIpc) is 2.39. The Morgan fingerprint density at radius 3 is 2.14 bits per heavy atom. The number of aryl methyl sites for hydroxylation is 3. The van der Waals surface area contributed by atoms with Crippen LogP contribution in [0.2, 0.25) is 0 Å². The van der Waals surface area contributed by atoms with Crippen LogP contribution in [0.4, 0.5) is 5.69 Å². The Kier molecular flexibility index (Phi) is 4.17. The first-order chi connectivity index (χ1) is 10.3. The quantitative estimate of drug-likeness (QED) is 0.759. The Bertz CT molecular complexity index is 742. The Labute approximate surface area is 128 Å². The predicted molar refractivity (Wildman–Crippen MR) is 83.7 cm³/mol. The van der Waals surface area contributed by atoms with E-state index in [0.717, 1.165) is 16.7 Å². The fourth-order valence-electron chi connectivity index (χ4n) is 2.52. The van der Waals surface area contributed by atoms with Crippen molar-refractivity contribution in [2.45, 2.75) is 20.8 Å². The standard InChI is InChI=1S/C17H17NO4/c1-9-6-10(2)15(11(3)7-9)16(20)18-12-4-5-14(19)13(8-12)17(21)22/h4-8,19H,1-3H3,(H,18,20)(H,21,22). The molecule has 0 aliphatic rings. The summed E-state index contributed by atoms with van der Waals surface area (Å²) in [6.45, 7) is 5.67. The van der Waals surface area contributed by atoms with Crippen molar-refractivity contribution in [1.82, 2.24) is 0 Å². The molecule has 1 amide bonds. The van der Waals surface area contributed by atoms with Gasteiger partial charge in [0.1, 0.15) is 11.3 Å². The van der Waals surface area contributed by atoms with Gasteiger partial charge >= 0.3 is 5.97 Å². The SMILES string of the molecule is Cc1cc(C)c(C(=O)Nc2ccc(O)c(C(=O)O)c2)c(C)c1. The first-order valence-corrected chi connectivity index (χ1v) is 6.75. The van der Waals surface area contributed by atoms with Gasteiger partial charge in [0.15, 0.2) is 0 Å². The van der Waals surface area contributed by atoms with E-state index in [9.17, 15) is 14.7 Å². The third-order valence-electron chi connectivity index (χ3n) is 3.39. The van der Waals surface area contributed by atoms with Crippen LogP contribution in [-0.4, -0.2) is 22.1 Å². The minimum Gasteiger partial charge on any atom is -0.507 e. The molecule has 5 nitrogen and oxygen atoms in total. The number of aromatic carboxylic acids is 1. The highest BCUT2D eigenvalue weighted by Gasteiger charge is 2.15. The van der Waals surface area contributed by atoms with E-state index in [1.807, 2.05) is 32.9 Å². The van der Waals surface area contributed by atoms with E-state index in [4.69, 9.17) is 5.11 Å². The molecule has 22 heavy (non-hydrogen) atoms. The number of hydrogen-bond donors (Lipinski definition) is 3. The van der Waals surface area contributed by atoms with Crippen LogP contribution in [0.3, 0.4) is 0 Å². The van der Waals surface area contributed by atoms with Crippen molar-refractivity contribution in [3.63, 3.8) is 0 Å². The van der Waals surface area contributed by atoms with Crippen LogP contribution in [0, 0.1) is 20.8 Å². The Balaban J connectivity index is 2.34. The zero-order chi connectivity index (χ0) is 16.4. The lowest BCUT2D eigenvalue weighted by molar-refractivity contribution is 0.0693. The van der Waals surface area contributed by atoms with Crippen molar-refractivity contribution in [1.29, 1.82) is 0 Å². The lowest BCUT2D eigenvalue weighted by Gasteiger charge is -2.12. The van der Waals surface area contributed by atoms with Crippen LogP contribution in [0.15, 0.2) is 30.3 Å². The van der Waals surface area contributed by atoms with Crippen LogP contribution in [0.25, 0.3) is 0 Å². The fraction of sp³-hybridized carbons (Fsp3) is 0.176. The molecule has 0 saturated carbocycles. The summed E-state index contributed by atoms with van der Waals surface area (Å²) in [5, 5.41) is 21.1. The van der Waals surface area contributed by atoms with Gasteiger partial charge in [0, 0.05) is 11.3 Å². The molecule has 0 aliphatic carbocycles. The summed E-state index contributed by atoms with van der Waals surface area (Å²) < 4.78 is 0. The Morgan fingerprint density at radius 2 is 1.59 bits per heavy atom. The van der Waals surface area contributed by atoms with Crippen molar-refractivity contribution < 1.29 is 19.8 Å². The molecule has 2 rings (SSSR count). The second kappa shape index (κ2) is 5.89. The van der Waals surface area contributed by atoms with E-state index in [0.29, 0.717) is 11.3 Å². The zero-order valence-corrected chi connectivity index (χ0v) is 12.6. The number of hydrogen-bond acceptors (Lipinski definition) is 3. The monoisotopic (exact) mass is 299 g/mol. The molecule has 0 heterocycles. The normalized spacial score (nSPS) is 10.3. The summed E-state index contributed by atoms with van der Waals surface area (Å²) in [7, 11) is 0. The molecule has 0 bridgehead atoms. The van der Waals surface area contributed by atoms with E-state index < -0.39 is 5.97 Å². The summed E-state index contributed by atoms with van der Waals surface area (Å²) in [6, 6.07) is 7.77. The van der Waals surface area contributed by atoms with Gasteiger partial charge in [-0.3, -0.25) is 4.79 Å². The molecule has 3 N–H and O–H groups in total.